The standard InChI is InChI=1S/C17H14Cl2FNO3/c1-21(9-13-14(19)3-2-4-15(13)20)16(22)10-24-17(23)11-5-7-12(18)8-6-11/h2-8H,9-10H2,1H3. The largest absolute Gasteiger partial charge is 0.452 e. The van der Waals surface area contributed by atoms with Gasteiger partial charge in [-0.1, -0.05) is 29.3 Å². The molecule has 0 aliphatic heterocycles. The summed E-state index contributed by atoms with van der Waals surface area (Å²) in [7, 11) is 1.47. The summed E-state index contributed by atoms with van der Waals surface area (Å²) in [5, 5.41) is 0.719. The molecule has 2 aromatic carbocycles. The molecule has 7 heteroatoms. The van der Waals surface area contributed by atoms with Crippen LogP contribution in [0.4, 0.5) is 4.39 Å². The molecule has 0 fully saturated rings. The molecule has 0 saturated carbocycles. The molecular weight excluding hydrogens is 356 g/mol. The molecule has 0 heterocycles. The van der Waals surface area contributed by atoms with Crippen LogP contribution in [0.5, 0.6) is 0 Å². The number of carbonyl (C=O) groups is 2. The third-order valence-electron chi connectivity index (χ3n) is 3.29. The van der Waals surface area contributed by atoms with Gasteiger partial charge in [-0.05, 0) is 36.4 Å². The minimum Gasteiger partial charge on any atom is -0.452 e. The van der Waals surface area contributed by atoms with Gasteiger partial charge in [0.15, 0.2) is 6.61 Å². The molecule has 0 atom stereocenters. The van der Waals surface area contributed by atoms with E-state index in [1.807, 2.05) is 0 Å². The van der Waals surface area contributed by atoms with Crippen LogP contribution >= 0.6 is 23.2 Å². The van der Waals surface area contributed by atoms with Crippen molar-refractivity contribution in [3.8, 4) is 0 Å². The van der Waals surface area contributed by atoms with E-state index in [4.69, 9.17) is 27.9 Å². The molecule has 0 bridgehead atoms. The van der Waals surface area contributed by atoms with Gasteiger partial charge in [-0.25, -0.2) is 9.18 Å². The van der Waals surface area contributed by atoms with Gasteiger partial charge in [-0.2, -0.15) is 0 Å². The van der Waals surface area contributed by atoms with E-state index >= 15 is 0 Å². The van der Waals surface area contributed by atoms with Gasteiger partial charge in [-0.15, -0.1) is 0 Å². The molecule has 0 aliphatic rings. The van der Waals surface area contributed by atoms with Crippen LogP contribution in [0.1, 0.15) is 15.9 Å². The Morgan fingerprint density at radius 1 is 1.12 bits per heavy atom. The molecule has 4 nitrogen and oxygen atoms in total. The van der Waals surface area contributed by atoms with Gasteiger partial charge >= 0.3 is 5.97 Å². The zero-order valence-corrected chi connectivity index (χ0v) is 14.3. The first kappa shape index (κ1) is 18.2. The minimum absolute atomic E-state index is 0.0250. The molecule has 0 saturated heterocycles. The van der Waals surface area contributed by atoms with E-state index in [-0.39, 0.29) is 22.7 Å². The van der Waals surface area contributed by atoms with E-state index in [0.717, 1.165) is 0 Å². The quantitative estimate of drug-likeness (QED) is 0.749. The lowest BCUT2D eigenvalue weighted by Gasteiger charge is -2.18. The Bertz CT molecular complexity index is 730. The normalized spacial score (nSPS) is 10.3. The van der Waals surface area contributed by atoms with Gasteiger partial charge in [0.25, 0.3) is 5.91 Å². The zero-order valence-electron chi connectivity index (χ0n) is 12.8. The SMILES string of the molecule is CN(Cc1c(F)cccc1Cl)C(=O)COC(=O)c1ccc(Cl)cc1. The van der Waals surface area contributed by atoms with Crippen LogP contribution in [0.25, 0.3) is 0 Å². The molecule has 0 radical (unpaired) electrons. The summed E-state index contributed by atoms with van der Waals surface area (Å²) in [6.45, 7) is -0.479. The van der Waals surface area contributed by atoms with Crippen molar-refractivity contribution in [2.24, 2.45) is 0 Å². The van der Waals surface area contributed by atoms with E-state index < -0.39 is 24.3 Å². The molecule has 126 valence electrons. The van der Waals surface area contributed by atoms with E-state index in [1.54, 1.807) is 18.2 Å². The fraction of sp³-hybridized carbons (Fsp3) is 0.176. The molecule has 0 aliphatic carbocycles. The van der Waals surface area contributed by atoms with E-state index in [9.17, 15) is 14.0 Å². The Kier molecular flexibility index (Phi) is 6.17. The van der Waals surface area contributed by atoms with Gasteiger partial charge in [0, 0.05) is 29.2 Å². The first-order valence-electron chi connectivity index (χ1n) is 6.98. The molecule has 1 amide bonds. The fourth-order valence-corrected chi connectivity index (χ4v) is 2.26. The number of halogens is 3. The van der Waals surface area contributed by atoms with Crippen molar-refractivity contribution in [2.45, 2.75) is 6.54 Å². The highest BCUT2D eigenvalue weighted by molar-refractivity contribution is 6.31. The lowest BCUT2D eigenvalue weighted by Crippen LogP contribution is -2.31. The Morgan fingerprint density at radius 2 is 1.79 bits per heavy atom. The van der Waals surface area contributed by atoms with Crippen molar-refractivity contribution in [3.63, 3.8) is 0 Å². The summed E-state index contributed by atoms with van der Waals surface area (Å²) in [4.78, 5) is 25.1. The summed E-state index contributed by atoms with van der Waals surface area (Å²) in [6.07, 6.45) is 0. The number of esters is 1. The summed E-state index contributed by atoms with van der Waals surface area (Å²) in [6, 6.07) is 10.4. The number of nitrogens with zero attached hydrogens (tertiary/aromatic N) is 1. The maximum Gasteiger partial charge on any atom is 0.338 e. The van der Waals surface area contributed by atoms with Crippen LogP contribution in [0.2, 0.25) is 10.0 Å². The Morgan fingerprint density at radius 3 is 2.42 bits per heavy atom. The van der Waals surface area contributed by atoms with Crippen LogP contribution in [-0.2, 0) is 16.1 Å². The third-order valence-corrected chi connectivity index (χ3v) is 3.90. The molecular formula is C17H14Cl2FNO3. The van der Waals surface area contributed by atoms with Crippen LogP contribution in [0.3, 0.4) is 0 Å². The van der Waals surface area contributed by atoms with Crippen molar-refractivity contribution in [2.75, 3.05) is 13.7 Å². The number of amides is 1. The van der Waals surface area contributed by atoms with Gasteiger partial charge in [0.05, 0.1) is 5.56 Å². The summed E-state index contributed by atoms with van der Waals surface area (Å²) in [5.41, 5.74) is 0.492. The maximum atomic E-state index is 13.7. The van der Waals surface area contributed by atoms with Gasteiger partial charge < -0.3 is 9.64 Å². The predicted molar refractivity (Wildman–Crippen MR) is 89.6 cm³/mol. The molecule has 0 N–H and O–H groups in total. The van der Waals surface area contributed by atoms with Gasteiger partial charge in [0.1, 0.15) is 5.82 Å². The van der Waals surface area contributed by atoms with Crippen molar-refractivity contribution in [1.82, 2.24) is 4.90 Å². The smallest absolute Gasteiger partial charge is 0.338 e. The summed E-state index contributed by atoms with van der Waals surface area (Å²) < 4.78 is 18.7. The average Bonchev–Trinajstić information content (AvgIpc) is 2.56. The predicted octanol–water partition coefficient (Wildman–Crippen LogP) is 3.95. The summed E-state index contributed by atoms with van der Waals surface area (Å²) in [5.74, 6) is -1.62. The monoisotopic (exact) mass is 369 g/mol. The van der Waals surface area contributed by atoms with E-state index in [0.29, 0.717) is 5.02 Å². The van der Waals surface area contributed by atoms with E-state index in [2.05, 4.69) is 0 Å². The molecule has 2 rings (SSSR count). The third kappa shape index (κ3) is 4.69. The van der Waals surface area contributed by atoms with Crippen molar-refractivity contribution in [1.29, 1.82) is 0 Å². The van der Waals surface area contributed by atoms with Crippen LogP contribution in [0, 0.1) is 5.82 Å². The second kappa shape index (κ2) is 8.13. The molecule has 0 spiro atoms. The van der Waals surface area contributed by atoms with Crippen molar-refractivity contribution in [3.05, 3.63) is 69.5 Å². The minimum atomic E-state index is -0.641. The van der Waals surface area contributed by atoms with E-state index in [1.165, 1.54) is 36.2 Å². The van der Waals surface area contributed by atoms with Crippen LogP contribution < -0.4 is 0 Å². The number of likely N-dealkylation sites (N-methyl/N-ethyl adjacent to an activating group) is 1. The lowest BCUT2D eigenvalue weighted by atomic mass is 10.2. The second-order valence-electron chi connectivity index (χ2n) is 5.03. The average molecular weight is 370 g/mol. The van der Waals surface area contributed by atoms with Gasteiger partial charge in [0.2, 0.25) is 0 Å². The Balaban J connectivity index is 1.92. The zero-order chi connectivity index (χ0) is 17.7. The first-order valence-corrected chi connectivity index (χ1v) is 7.73. The summed E-state index contributed by atoms with van der Waals surface area (Å²) >= 11 is 11.7. The highest BCUT2D eigenvalue weighted by Gasteiger charge is 2.16. The number of carbonyl (C=O) groups excluding carboxylic acids is 2. The number of hydrogen-bond donors (Lipinski definition) is 0. The fourth-order valence-electron chi connectivity index (χ4n) is 1.92. The lowest BCUT2D eigenvalue weighted by molar-refractivity contribution is -0.133. The molecule has 0 unspecified atom stereocenters. The number of rotatable bonds is 5. The highest BCUT2D eigenvalue weighted by Crippen LogP contribution is 2.20. The molecule has 24 heavy (non-hydrogen) atoms. The van der Waals surface area contributed by atoms with Gasteiger partial charge in [-0.3, -0.25) is 4.79 Å². The topological polar surface area (TPSA) is 46.6 Å². The second-order valence-corrected chi connectivity index (χ2v) is 5.88. The Labute approximate surface area is 148 Å². The molecule has 2 aromatic rings. The Hall–Kier alpha value is -2.11. The molecule has 0 aromatic heterocycles. The maximum absolute atomic E-state index is 13.7. The van der Waals surface area contributed by atoms with Crippen LogP contribution in [0.15, 0.2) is 42.5 Å². The highest BCUT2D eigenvalue weighted by atomic mass is 35.5. The number of benzene rings is 2. The van der Waals surface area contributed by atoms with Crippen molar-refractivity contribution >= 4 is 35.1 Å². The van der Waals surface area contributed by atoms with Crippen molar-refractivity contribution < 1.29 is 18.7 Å². The first-order chi connectivity index (χ1) is 11.4. The number of ether oxygens (including phenoxy) is 1. The van der Waals surface area contributed by atoms with Crippen LogP contribution in [-0.4, -0.2) is 30.4 Å². The number of hydrogen-bond acceptors (Lipinski definition) is 3.